The van der Waals surface area contributed by atoms with Crippen molar-refractivity contribution >= 4 is 17.3 Å². The zero-order chi connectivity index (χ0) is 12.5. The third-order valence-electron chi connectivity index (χ3n) is 3.91. The molecule has 0 radical (unpaired) electrons. The van der Waals surface area contributed by atoms with Crippen molar-refractivity contribution in [1.29, 1.82) is 0 Å². The molecule has 1 aliphatic rings. The number of rotatable bonds is 2. The van der Waals surface area contributed by atoms with Crippen LogP contribution in [0.4, 0.5) is 5.69 Å². The van der Waals surface area contributed by atoms with Gasteiger partial charge in [-0.25, -0.2) is 4.98 Å². The topological polar surface area (TPSA) is 24.9 Å². The Hall–Kier alpha value is -0.760. The molecule has 1 saturated carbocycles. The van der Waals surface area contributed by atoms with Gasteiger partial charge in [-0.1, -0.05) is 38.3 Å². The van der Waals surface area contributed by atoms with Crippen LogP contribution in [0.5, 0.6) is 0 Å². The zero-order valence-electron chi connectivity index (χ0n) is 10.9. The molecule has 0 saturated heterocycles. The predicted molar refractivity (Wildman–Crippen MR) is 73.6 cm³/mol. The molecule has 0 aromatic carbocycles. The fourth-order valence-corrected chi connectivity index (χ4v) is 2.83. The van der Waals surface area contributed by atoms with E-state index in [1.807, 2.05) is 12.3 Å². The summed E-state index contributed by atoms with van der Waals surface area (Å²) in [6.45, 7) is 6.77. The lowest BCUT2D eigenvalue weighted by molar-refractivity contribution is 0.217. The van der Waals surface area contributed by atoms with Crippen LogP contribution in [0.15, 0.2) is 12.3 Å². The molecule has 0 amide bonds. The first-order valence-corrected chi connectivity index (χ1v) is 6.75. The molecule has 1 aromatic heterocycles. The number of nitrogens with one attached hydrogen (secondary N) is 1. The molecule has 94 valence electrons. The first kappa shape index (κ1) is 12.7. The smallest absolute Gasteiger partial charge is 0.129 e. The molecule has 1 fully saturated rings. The fourth-order valence-electron chi connectivity index (χ4n) is 2.62. The van der Waals surface area contributed by atoms with Gasteiger partial charge in [-0.3, -0.25) is 0 Å². The van der Waals surface area contributed by atoms with Gasteiger partial charge in [0, 0.05) is 6.04 Å². The van der Waals surface area contributed by atoms with E-state index in [9.17, 15) is 0 Å². The molecule has 0 spiro atoms. The van der Waals surface area contributed by atoms with Gasteiger partial charge in [0.25, 0.3) is 0 Å². The maximum Gasteiger partial charge on any atom is 0.129 e. The third kappa shape index (κ3) is 2.92. The normalized spacial score (nSPS) is 23.4. The maximum atomic E-state index is 5.88. The number of halogens is 1. The van der Waals surface area contributed by atoms with E-state index in [0.717, 1.165) is 5.69 Å². The molecule has 3 heteroatoms. The van der Waals surface area contributed by atoms with E-state index in [0.29, 0.717) is 16.6 Å². The third-order valence-corrected chi connectivity index (χ3v) is 4.12. The van der Waals surface area contributed by atoms with Crippen LogP contribution in [-0.2, 0) is 0 Å². The standard InChI is InChI=1S/C14H21ClN2/c1-10-8-13(15)16-9-11(10)17-12-6-4-5-7-14(12,2)3/h8-9,12,17H,4-7H2,1-3H3. The summed E-state index contributed by atoms with van der Waals surface area (Å²) in [7, 11) is 0. The van der Waals surface area contributed by atoms with Crippen LogP contribution in [0.2, 0.25) is 5.15 Å². The van der Waals surface area contributed by atoms with E-state index in [-0.39, 0.29) is 0 Å². The van der Waals surface area contributed by atoms with Crippen molar-refractivity contribution in [3.05, 3.63) is 23.0 Å². The van der Waals surface area contributed by atoms with Gasteiger partial charge in [0.1, 0.15) is 5.15 Å². The van der Waals surface area contributed by atoms with Gasteiger partial charge in [0.05, 0.1) is 11.9 Å². The lowest BCUT2D eigenvalue weighted by Gasteiger charge is -2.39. The maximum absolute atomic E-state index is 5.88. The summed E-state index contributed by atoms with van der Waals surface area (Å²) in [6, 6.07) is 2.46. The first-order valence-electron chi connectivity index (χ1n) is 6.38. The van der Waals surface area contributed by atoms with Crippen LogP contribution in [0, 0.1) is 12.3 Å². The van der Waals surface area contributed by atoms with Gasteiger partial charge < -0.3 is 5.32 Å². The molecule has 1 aromatic rings. The lowest BCUT2D eigenvalue weighted by atomic mass is 9.73. The van der Waals surface area contributed by atoms with Crippen molar-refractivity contribution < 1.29 is 0 Å². The number of nitrogens with zero attached hydrogens (tertiary/aromatic N) is 1. The van der Waals surface area contributed by atoms with Crippen LogP contribution in [0.25, 0.3) is 0 Å². The number of pyridine rings is 1. The van der Waals surface area contributed by atoms with E-state index in [1.54, 1.807) is 0 Å². The minimum Gasteiger partial charge on any atom is -0.380 e. The van der Waals surface area contributed by atoms with Crippen molar-refractivity contribution in [3.8, 4) is 0 Å². The quantitative estimate of drug-likeness (QED) is 0.788. The molecule has 1 unspecified atom stereocenters. The minimum atomic E-state index is 0.365. The minimum absolute atomic E-state index is 0.365. The second kappa shape index (κ2) is 4.85. The Kier molecular flexibility index (Phi) is 3.62. The van der Waals surface area contributed by atoms with E-state index >= 15 is 0 Å². The van der Waals surface area contributed by atoms with Crippen molar-refractivity contribution in [2.24, 2.45) is 5.41 Å². The summed E-state index contributed by atoms with van der Waals surface area (Å²) in [5, 5.41) is 4.21. The van der Waals surface area contributed by atoms with Crippen molar-refractivity contribution in [2.45, 2.75) is 52.5 Å². The monoisotopic (exact) mass is 252 g/mol. The molecule has 1 aliphatic carbocycles. The van der Waals surface area contributed by atoms with Gasteiger partial charge >= 0.3 is 0 Å². The Morgan fingerprint density at radius 3 is 2.82 bits per heavy atom. The van der Waals surface area contributed by atoms with Crippen LogP contribution < -0.4 is 5.32 Å². The molecule has 2 nitrogen and oxygen atoms in total. The highest BCUT2D eigenvalue weighted by atomic mass is 35.5. The van der Waals surface area contributed by atoms with Gasteiger partial charge in [0.15, 0.2) is 0 Å². The Morgan fingerprint density at radius 1 is 1.41 bits per heavy atom. The van der Waals surface area contributed by atoms with E-state index in [4.69, 9.17) is 11.6 Å². The number of aryl methyl sites for hydroxylation is 1. The van der Waals surface area contributed by atoms with Crippen LogP contribution in [0.3, 0.4) is 0 Å². The van der Waals surface area contributed by atoms with E-state index < -0.39 is 0 Å². The largest absolute Gasteiger partial charge is 0.380 e. The van der Waals surface area contributed by atoms with Crippen LogP contribution in [0.1, 0.15) is 45.1 Å². The Balaban J connectivity index is 2.14. The first-order chi connectivity index (χ1) is 7.99. The molecule has 0 bridgehead atoms. The summed E-state index contributed by atoms with van der Waals surface area (Å²) < 4.78 is 0. The summed E-state index contributed by atoms with van der Waals surface area (Å²) in [6.07, 6.45) is 7.06. The summed E-state index contributed by atoms with van der Waals surface area (Å²) >= 11 is 5.88. The molecule has 1 atom stereocenters. The highest BCUT2D eigenvalue weighted by molar-refractivity contribution is 6.29. The average Bonchev–Trinajstić information content (AvgIpc) is 2.24. The SMILES string of the molecule is Cc1cc(Cl)ncc1NC1CCCCC1(C)C. The van der Waals surface area contributed by atoms with Gasteiger partial charge in [-0.2, -0.15) is 0 Å². The average molecular weight is 253 g/mol. The summed E-state index contributed by atoms with van der Waals surface area (Å²) in [5.74, 6) is 0. The second-order valence-electron chi connectivity index (χ2n) is 5.75. The predicted octanol–water partition coefficient (Wildman–Crippen LogP) is 4.42. The molecule has 1 heterocycles. The highest BCUT2D eigenvalue weighted by Gasteiger charge is 2.32. The number of hydrogen-bond acceptors (Lipinski definition) is 2. The highest BCUT2D eigenvalue weighted by Crippen LogP contribution is 2.37. The Morgan fingerprint density at radius 2 is 2.18 bits per heavy atom. The fraction of sp³-hybridized carbons (Fsp3) is 0.643. The molecule has 2 rings (SSSR count). The number of hydrogen-bond donors (Lipinski definition) is 1. The second-order valence-corrected chi connectivity index (χ2v) is 6.14. The molecular weight excluding hydrogens is 232 g/mol. The van der Waals surface area contributed by atoms with Crippen molar-refractivity contribution in [3.63, 3.8) is 0 Å². The lowest BCUT2D eigenvalue weighted by Crippen LogP contribution is -2.39. The van der Waals surface area contributed by atoms with Crippen LogP contribution >= 0.6 is 11.6 Å². The van der Waals surface area contributed by atoms with Gasteiger partial charge in [-0.15, -0.1) is 0 Å². The summed E-state index contributed by atoms with van der Waals surface area (Å²) in [4.78, 5) is 4.16. The van der Waals surface area contributed by atoms with Gasteiger partial charge in [-0.05, 0) is 36.8 Å². The van der Waals surface area contributed by atoms with E-state index in [2.05, 4.69) is 31.1 Å². The Bertz CT molecular complexity index is 401. The van der Waals surface area contributed by atoms with Gasteiger partial charge in [0.2, 0.25) is 0 Å². The van der Waals surface area contributed by atoms with Crippen molar-refractivity contribution in [1.82, 2.24) is 4.98 Å². The Labute approximate surface area is 109 Å². The molecule has 1 N–H and O–H groups in total. The van der Waals surface area contributed by atoms with E-state index in [1.165, 1.54) is 31.2 Å². The van der Waals surface area contributed by atoms with Crippen molar-refractivity contribution in [2.75, 3.05) is 5.32 Å². The van der Waals surface area contributed by atoms with Crippen LogP contribution in [-0.4, -0.2) is 11.0 Å². The number of anilines is 1. The number of aromatic nitrogens is 1. The molecular formula is C14H21ClN2. The molecule has 0 aliphatic heterocycles. The summed E-state index contributed by atoms with van der Waals surface area (Å²) in [5.41, 5.74) is 2.66. The molecule has 17 heavy (non-hydrogen) atoms. The zero-order valence-corrected chi connectivity index (χ0v) is 11.6.